The Hall–Kier alpha value is -6.28. The second-order valence-electron chi connectivity index (χ2n) is 16.0. The Morgan fingerprint density at radius 1 is 0.537 bits per heavy atom. The lowest BCUT2D eigenvalue weighted by Gasteiger charge is -2.28. The van der Waals surface area contributed by atoms with Crippen molar-refractivity contribution in [2.24, 2.45) is 23.1 Å². The summed E-state index contributed by atoms with van der Waals surface area (Å²) in [6, 6.07) is -0.591. The van der Waals surface area contributed by atoms with Crippen molar-refractivity contribution in [3.63, 3.8) is 0 Å². The highest BCUT2D eigenvalue weighted by atomic mass is 16.3. The number of carbonyl (C=O) groups is 10. The molecular formula is C42H71N13O12. The second-order valence-corrected chi connectivity index (χ2v) is 16.0. The number of rotatable bonds is 32. The third-order valence-electron chi connectivity index (χ3n) is 9.83. The van der Waals surface area contributed by atoms with Crippen LogP contribution >= 0.6 is 0 Å². The zero-order valence-corrected chi connectivity index (χ0v) is 38.7. The SMILES string of the molecule is CCNC(=O)C(NC(=O)[C@H](CCN)NC(=O)[C@H](CCN)NC(=O)[C@H](CC(C)C)NC(=O)[C@@H](Cc1ccccc1)NC(=O)[C@H](CCN)NC(=O)CNC(=O)CNC(=O)C(NC=O)C(C)O)C(C)O. The van der Waals surface area contributed by atoms with Gasteiger partial charge in [0.15, 0.2) is 0 Å². The largest absolute Gasteiger partial charge is 0.391 e. The van der Waals surface area contributed by atoms with Crippen LogP contribution in [0, 0.1) is 5.92 Å². The molecule has 1 rings (SSSR count). The van der Waals surface area contributed by atoms with Crippen LogP contribution in [0.5, 0.6) is 0 Å². The lowest BCUT2D eigenvalue weighted by atomic mass is 10.00. The van der Waals surface area contributed by atoms with Crippen LogP contribution in [-0.4, -0.2) is 164 Å². The van der Waals surface area contributed by atoms with E-state index in [1.807, 2.05) is 0 Å². The van der Waals surface area contributed by atoms with Gasteiger partial charge in [-0.05, 0) is 77.6 Å². The average Bonchev–Trinajstić information content (AvgIpc) is 3.27. The summed E-state index contributed by atoms with van der Waals surface area (Å²) >= 11 is 0. The van der Waals surface area contributed by atoms with Crippen LogP contribution in [0.1, 0.15) is 65.9 Å². The molecule has 67 heavy (non-hydrogen) atoms. The number of benzene rings is 1. The minimum Gasteiger partial charge on any atom is -0.391 e. The van der Waals surface area contributed by atoms with Crippen molar-refractivity contribution in [3.05, 3.63) is 35.9 Å². The van der Waals surface area contributed by atoms with Gasteiger partial charge in [-0.1, -0.05) is 44.2 Å². The fraction of sp³-hybridized carbons (Fsp3) is 0.619. The fourth-order valence-corrected chi connectivity index (χ4v) is 6.37. The van der Waals surface area contributed by atoms with Gasteiger partial charge in [-0.25, -0.2) is 0 Å². The minimum absolute atomic E-state index is 0.0629. The molecule has 0 aliphatic heterocycles. The summed E-state index contributed by atoms with van der Waals surface area (Å²) in [6.07, 6.45) is -2.63. The van der Waals surface area contributed by atoms with Gasteiger partial charge < -0.3 is 80.6 Å². The maximum Gasteiger partial charge on any atom is 0.245 e. The standard InChI is InChI=1S/C42H71N13O12/c1-6-46-42(67)35(25(5)58)55-38(63)29(14-17-45)51-37(62)28(13-16-44)52-39(64)30(18-23(2)3)53-40(65)31(19-26-10-8-7-9-11-26)54-36(61)27(12-15-43)50-33(60)21-47-32(59)20-48-41(66)34(24(4)57)49-22-56/h7-11,22-25,27-31,34-35,57-58H,6,12-21,43-45H2,1-5H3,(H,46,67)(H,47,59)(H,48,66)(H,49,56)(H,50,60)(H,51,62)(H,52,64)(H,53,65)(H,54,61)(H,55,63)/t24?,25?,27-,28-,29-,30-,31+,34?,35?/m0/s1. The summed E-state index contributed by atoms with van der Waals surface area (Å²) in [4.78, 5) is 129. The molecule has 1 aromatic rings. The molecule has 4 unspecified atom stereocenters. The molecule has 25 nitrogen and oxygen atoms in total. The Morgan fingerprint density at radius 2 is 0.970 bits per heavy atom. The van der Waals surface area contributed by atoms with Crippen LogP contribution in [0.15, 0.2) is 30.3 Å². The summed E-state index contributed by atoms with van der Waals surface area (Å²) in [6.45, 7) is 6.54. The van der Waals surface area contributed by atoms with Gasteiger partial charge >= 0.3 is 0 Å². The Bertz CT molecular complexity index is 1790. The van der Waals surface area contributed by atoms with Crippen molar-refractivity contribution in [3.8, 4) is 0 Å². The van der Waals surface area contributed by atoms with E-state index in [-0.39, 0.29) is 70.6 Å². The molecule has 10 amide bonds. The number of nitrogens with one attached hydrogen (secondary N) is 10. The normalized spacial score (nSPS) is 15.0. The van der Waals surface area contributed by atoms with E-state index in [1.165, 1.54) is 13.8 Å². The van der Waals surface area contributed by atoms with Crippen molar-refractivity contribution in [2.75, 3.05) is 39.3 Å². The molecule has 0 bridgehead atoms. The first-order valence-electron chi connectivity index (χ1n) is 22.1. The summed E-state index contributed by atoms with van der Waals surface area (Å²) in [5, 5.41) is 44.3. The molecule has 0 heterocycles. The smallest absolute Gasteiger partial charge is 0.245 e. The van der Waals surface area contributed by atoms with Crippen molar-refractivity contribution >= 4 is 59.6 Å². The van der Waals surface area contributed by atoms with Crippen LogP contribution in [0.4, 0.5) is 0 Å². The van der Waals surface area contributed by atoms with E-state index in [0.717, 1.165) is 0 Å². The van der Waals surface area contributed by atoms with Gasteiger partial charge in [0, 0.05) is 13.0 Å². The Kier molecular flexibility index (Phi) is 27.7. The van der Waals surface area contributed by atoms with Gasteiger partial charge in [0.05, 0.1) is 25.3 Å². The number of hydrogen-bond acceptors (Lipinski definition) is 15. The molecule has 9 atom stereocenters. The first-order chi connectivity index (χ1) is 31.7. The summed E-state index contributed by atoms with van der Waals surface area (Å²) < 4.78 is 0. The molecule has 0 fully saturated rings. The number of nitrogens with two attached hydrogens (primary N) is 3. The molecule has 1 aromatic carbocycles. The minimum atomic E-state index is -1.34. The third kappa shape index (κ3) is 22.2. The maximum absolute atomic E-state index is 14.1. The van der Waals surface area contributed by atoms with Crippen molar-refractivity contribution in [1.82, 2.24) is 53.2 Å². The zero-order valence-electron chi connectivity index (χ0n) is 38.7. The first kappa shape index (κ1) is 58.7. The van der Waals surface area contributed by atoms with Crippen molar-refractivity contribution in [2.45, 2.75) is 121 Å². The van der Waals surface area contributed by atoms with Crippen LogP contribution in [-0.2, 0) is 54.4 Å². The van der Waals surface area contributed by atoms with E-state index >= 15 is 0 Å². The van der Waals surface area contributed by atoms with Crippen LogP contribution in [0.2, 0.25) is 0 Å². The van der Waals surface area contributed by atoms with Gasteiger partial charge in [-0.15, -0.1) is 0 Å². The monoisotopic (exact) mass is 950 g/mol. The Morgan fingerprint density at radius 3 is 1.45 bits per heavy atom. The van der Waals surface area contributed by atoms with E-state index in [0.29, 0.717) is 5.56 Å². The van der Waals surface area contributed by atoms with Crippen LogP contribution < -0.4 is 70.4 Å². The number of likely N-dealkylation sites (N-methyl/N-ethyl adjacent to an activating group) is 1. The van der Waals surface area contributed by atoms with Crippen LogP contribution in [0.3, 0.4) is 0 Å². The lowest BCUT2D eigenvalue weighted by Crippen LogP contribution is -2.61. The predicted octanol–water partition coefficient (Wildman–Crippen LogP) is -6.52. The quantitative estimate of drug-likeness (QED) is 0.0299. The van der Waals surface area contributed by atoms with E-state index < -0.39 is 121 Å². The molecule has 0 radical (unpaired) electrons. The molecule has 0 spiro atoms. The predicted molar refractivity (Wildman–Crippen MR) is 243 cm³/mol. The average molecular weight is 950 g/mol. The third-order valence-corrected chi connectivity index (χ3v) is 9.83. The molecule has 0 aliphatic rings. The zero-order chi connectivity index (χ0) is 50.6. The lowest BCUT2D eigenvalue weighted by molar-refractivity contribution is -0.136. The van der Waals surface area contributed by atoms with E-state index in [2.05, 4.69) is 53.2 Å². The number of carbonyl (C=O) groups excluding carboxylic acids is 10. The highest BCUT2D eigenvalue weighted by Crippen LogP contribution is 2.10. The van der Waals surface area contributed by atoms with Crippen molar-refractivity contribution < 1.29 is 58.2 Å². The van der Waals surface area contributed by atoms with Gasteiger partial charge in [-0.2, -0.15) is 0 Å². The molecule has 376 valence electrons. The second kappa shape index (κ2) is 31.6. The summed E-state index contributed by atoms with van der Waals surface area (Å²) in [7, 11) is 0. The van der Waals surface area contributed by atoms with Gasteiger partial charge in [0.25, 0.3) is 0 Å². The van der Waals surface area contributed by atoms with Gasteiger partial charge in [0.1, 0.15) is 42.3 Å². The molecule has 25 heteroatoms. The molecule has 0 aromatic heterocycles. The van der Waals surface area contributed by atoms with Crippen LogP contribution in [0.25, 0.3) is 0 Å². The highest BCUT2D eigenvalue weighted by molar-refractivity contribution is 5.97. The number of hydrogen-bond donors (Lipinski definition) is 15. The molecule has 0 saturated carbocycles. The van der Waals surface area contributed by atoms with E-state index in [4.69, 9.17) is 17.2 Å². The molecular weight excluding hydrogens is 879 g/mol. The Labute approximate surface area is 389 Å². The topological polar surface area (TPSA) is 410 Å². The number of aliphatic hydroxyl groups excluding tert-OH is 2. The van der Waals surface area contributed by atoms with E-state index in [9.17, 15) is 58.2 Å². The molecule has 0 saturated heterocycles. The Balaban J connectivity index is 3.24. The number of amides is 10. The van der Waals surface area contributed by atoms with Crippen molar-refractivity contribution in [1.29, 1.82) is 0 Å². The van der Waals surface area contributed by atoms with Gasteiger partial charge in [-0.3, -0.25) is 47.9 Å². The summed E-state index contributed by atoms with van der Waals surface area (Å²) in [5.74, 6) is -7.39. The number of aliphatic hydroxyl groups is 2. The maximum atomic E-state index is 14.1. The highest BCUT2D eigenvalue weighted by Gasteiger charge is 2.34. The molecule has 18 N–H and O–H groups in total. The van der Waals surface area contributed by atoms with E-state index in [1.54, 1.807) is 51.1 Å². The molecule has 0 aliphatic carbocycles. The first-order valence-corrected chi connectivity index (χ1v) is 22.1. The summed E-state index contributed by atoms with van der Waals surface area (Å²) in [5.41, 5.74) is 17.9. The van der Waals surface area contributed by atoms with Gasteiger partial charge in [0.2, 0.25) is 59.6 Å². The fourth-order valence-electron chi connectivity index (χ4n) is 6.37.